The Kier molecular flexibility index (Phi) is 5.96. The Morgan fingerprint density at radius 2 is 2.04 bits per heavy atom. The quantitative estimate of drug-likeness (QED) is 0.435. The molecule has 0 unspecified atom stereocenters. The van der Waals surface area contributed by atoms with Crippen molar-refractivity contribution in [3.8, 4) is 5.69 Å². The number of benzene rings is 1. The third-order valence-electron chi connectivity index (χ3n) is 3.47. The maximum absolute atomic E-state index is 12.2. The molecule has 2 N–H and O–H groups in total. The molecule has 0 saturated carbocycles. The average Bonchev–Trinajstić information content (AvgIpc) is 2.58. The average molecular weight is 345 g/mol. The second-order valence-electron chi connectivity index (χ2n) is 5.27. The minimum absolute atomic E-state index is 0.166. The molecule has 1 aromatic heterocycles. The molecule has 0 spiro atoms. The lowest BCUT2D eigenvalue weighted by Crippen LogP contribution is -2.36. The van der Waals surface area contributed by atoms with E-state index in [0.29, 0.717) is 18.8 Å². The molecule has 0 aliphatic heterocycles. The minimum Gasteiger partial charge on any atom is -0.349 e. The van der Waals surface area contributed by atoms with Crippen molar-refractivity contribution >= 4 is 11.6 Å². The number of rotatable bonds is 7. The number of nitrogens with one attached hydrogen (secondary N) is 2. The number of nitro benzene ring substituents is 1. The van der Waals surface area contributed by atoms with E-state index in [1.54, 1.807) is 13.0 Å². The summed E-state index contributed by atoms with van der Waals surface area (Å²) >= 11 is 0. The predicted octanol–water partition coefficient (Wildman–Crippen LogP) is 0.788. The van der Waals surface area contributed by atoms with Gasteiger partial charge in [0.05, 0.1) is 4.92 Å². The van der Waals surface area contributed by atoms with E-state index in [2.05, 4.69) is 15.7 Å². The van der Waals surface area contributed by atoms with Gasteiger partial charge in [0, 0.05) is 30.9 Å². The minimum atomic E-state index is -0.616. The van der Waals surface area contributed by atoms with Crippen LogP contribution in [0.25, 0.3) is 5.69 Å². The molecule has 0 saturated heterocycles. The van der Waals surface area contributed by atoms with Crippen LogP contribution in [0.5, 0.6) is 0 Å². The van der Waals surface area contributed by atoms with Gasteiger partial charge in [-0.25, -0.2) is 4.68 Å². The Bertz CT molecular complexity index is 847. The summed E-state index contributed by atoms with van der Waals surface area (Å²) < 4.78 is 1.23. The molecule has 2 aromatic rings. The van der Waals surface area contributed by atoms with E-state index in [4.69, 9.17) is 0 Å². The van der Waals surface area contributed by atoms with Gasteiger partial charge in [0.15, 0.2) is 5.69 Å². The zero-order chi connectivity index (χ0) is 18.4. The predicted molar refractivity (Wildman–Crippen MR) is 92.1 cm³/mol. The number of para-hydroxylation sites is 2. The number of hydrogen-bond acceptors (Lipinski definition) is 6. The van der Waals surface area contributed by atoms with Gasteiger partial charge in [-0.05, 0) is 19.5 Å². The molecule has 2 rings (SSSR count). The third-order valence-corrected chi connectivity index (χ3v) is 3.47. The van der Waals surface area contributed by atoms with E-state index >= 15 is 0 Å². The van der Waals surface area contributed by atoms with Gasteiger partial charge in [-0.3, -0.25) is 19.7 Å². The van der Waals surface area contributed by atoms with Crippen LogP contribution in [0.3, 0.4) is 0 Å². The highest BCUT2D eigenvalue weighted by Gasteiger charge is 2.19. The van der Waals surface area contributed by atoms with E-state index < -0.39 is 16.3 Å². The van der Waals surface area contributed by atoms with Crippen molar-refractivity contribution in [2.45, 2.75) is 13.8 Å². The molecule has 0 bridgehead atoms. The highest BCUT2D eigenvalue weighted by atomic mass is 16.6. The van der Waals surface area contributed by atoms with Crippen molar-refractivity contribution in [1.29, 1.82) is 0 Å². The van der Waals surface area contributed by atoms with Crippen LogP contribution >= 0.6 is 0 Å². The second-order valence-corrected chi connectivity index (χ2v) is 5.27. The maximum Gasteiger partial charge on any atom is 0.294 e. The van der Waals surface area contributed by atoms with E-state index in [1.165, 1.54) is 28.9 Å². The fraction of sp³-hybridized carbons (Fsp3) is 0.312. The van der Waals surface area contributed by atoms with E-state index in [0.717, 1.165) is 6.54 Å². The van der Waals surface area contributed by atoms with Gasteiger partial charge in [0.25, 0.3) is 11.6 Å². The normalized spacial score (nSPS) is 10.5. The van der Waals surface area contributed by atoms with Crippen LogP contribution < -0.4 is 16.1 Å². The molecule has 1 heterocycles. The fourth-order valence-corrected chi connectivity index (χ4v) is 2.27. The Hall–Kier alpha value is -3.07. The number of aryl methyl sites for hydroxylation is 1. The number of amides is 1. The molecule has 132 valence electrons. The fourth-order valence-electron chi connectivity index (χ4n) is 2.27. The summed E-state index contributed by atoms with van der Waals surface area (Å²) in [7, 11) is 0. The largest absolute Gasteiger partial charge is 0.349 e. The van der Waals surface area contributed by atoms with E-state index in [9.17, 15) is 19.7 Å². The molecule has 0 aliphatic carbocycles. The Morgan fingerprint density at radius 1 is 1.32 bits per heavy atom. The first-order chi connectivity index (χ1) is 12.0. The molecular formula is C16H19N5O4. The lowest BCUT2D eigenvalue weighted by Gasteiger charge is -2.11. The Balaban J connectivity index is 2.40. The molecule has 25 heavy (non-hydrogen) atoms. The van der Waals surface area contributed by atoms with Crippen LogP contribution in [-0.2, 0) is 0 Å². The number of carbonyl (C=O) groups is 1. The summed E-state index contributed by atoms with van der Waals surface area (Å²) in [4.78, 5) is 35.0. The van der Waals surface area contributed by atoms with Crippen molar-refractivity contribution < 1.29 is 9.72 Å². The van der Waals surface area contributed by atoms with Crippen LogP contribution in [-0.4, -0.2) is 40.2 Å². The van der Waals surface area contributed by atoms with Gasteiger partial charge in [0.1, 0.15) is 5.69 Å². The van der Waals surface area contributed by atoms with Crippen molar-refractivity contribution in [3.63, 3.8) is 0 Å². The maximum atomic E-state index is 12.2. The molecule has 9 heteroatoms. The van der Waals surface area contributed by atoms with Crippen molar-refractivity contribution in [2.75, 3.05) is 19.6 Å². The SMILES string of the molecule is CCNCCNC(=O)c1nn(-c2ccccc2[N+](=O)[O-])c(C)cc1=O. The summed E-state index contributed by atoms with van der Waals surface area (Å²) in [6.45, 7) is 5.20. The standard InChI is InChI=1S/C16H19N5O4/c1-3-17-8-9-18-16(23)15-14(22)10-11(2)20(19-15)12-6-4-5-7-13(12)21(24)25/h4-7,10,17H,3,8-9H2,1-2H3,(H,18,23). The smallest absolute Gasteiger partial charge is 0.294 e. The molecule has 0 radical (unpaired) electrons. The van der Waals surface area contributed by atoms with Gasteiger partial charge < -0.3 is 10.6 Å². The van der Waals surface area contributed by atoms with Crippen LogP contribution in [0.15, 0.2) is 35.1 Å². The summed E-state index contributed by atoms with van der Waals surface area (Å²) in [5.41, 5.74) is -0.427. The summed E-state index contributed by atoms with van der Waals surface area (Å²) in [6, 6.07) is 7.24. The van der Waals surface area contributed by atoms with Crippen LogP contribution in [0.4, 0.5) is 5.69 Å². The van der Waals surface area contributed by atoms with Crippen LogP contribution in [0.1, 0.15) is 23.1 Å². The van der Waals surface area contributed by atoms with Crippen molar-refractivity contribution in [2.24, 2.45) is 0 Å². The van der Waals surface area contributed by atoms with E-state index in [1.807, 2.05) is 6.92 Å². The first-order valence-electron chi connectivity index (χ1n) is 7.79. The van der Waals surface area contributed by atoms with E-state index in [-0.39, 0.29) is 17.1 Å². The first kappa shape index (κ1) is 18.3. The molecule has 0 atom stereocenters. The number of aromatic nitrogens is 2. The summed E-state index contributed by atoms with van der Waals surface area (Å²) in [6.07, 6.45) is 0. The molecule has 0 aliphatic rings. The Labute approximate surface area is 143 Å². The van der Waals surface area contributed by atoms with Gasteiger partial charge in [-0.2, -0.15) is 5.10 Å². The lowest BCUT2D eigenvalue weighted by molar-refractivity contribution is -0.384. The number of nitro groups is 1. The molecule has 0 fully saturated rings. The third kappa shape index (κ3) is 4.27. The highest BCUT2D eigenvalue weighted by molar-refractivity contribution is 5.92. The summed E-state index contributed by atoms with van der Waals surface area (Å²) in [5, 5.41) is 20.9. The number of likely N-dealkylation sites (N-methyl/N-ethyl adjacent to an activating group) is 1. The topological polar surface area (TPSA) is 119 Å². The molecule has 1 amide bonds. The van der Waals surface area contributed by atoms with Gasteiger partial charge in [-0.15, -0.1) is 0 Å². The van der Waals surface area contributed by atoms with Crippen LogP contribution in [0, 0.1) is 17.0 Å². The van der Waals surface area contributed by atoms with Gasteiger partial charge >= 0.3 is 0 Å². The van der Waals surface area contributed by atoms with Crippen molar-refractivity contribution in [1.82, 2.24) is 20.4 Å². The number of hydrogen-bond donors (Lipinski definition) is 2. The molecule has 1 aromatic carbocycles. The van der Waals surface area contributed by atoms with Crippen molar-refractivity contribution in [3.05, 3.63) is 62.1 Å². The number of nitrogens with zero attached hydrogens (tertiary/aromatic N) is 3. The monoisotopic (exact) mass is 345 g/mol. The van der Waals surface area contributed by atoms with Gasteiger partial charge in [0.2, 0.25) is 5.43 Å². The Morgan fingerprint density at radius 3 is 2.72 bits per heavy atom. The highest BCUT2D eigenvalue weighted by Crippen LogP contribution is 2.22. The molecular weight excluding hydrogens is 326 g/mol. The number of carbonyl (C=O) groups excluding carboxylic acids is 1. The first-order valence-corrected chi connectivity index (χ1v) is 7.79. The van der Waals surface area contributed by atoms with Gasteiger partial charge in [-0.1, -0.05) is 19.1 Å². The summed E-state index contributed by atoms with van der Waals surface area (Å²) in [5.74, 6) is -0.616. The second kappa shape index (κ2) is 8.15. The lowest BCUT2D eigenvalue weighted by atomic mass is 10.2. The zero-order valence-electron chi connectivity index (χ0n) is 14.0. The van der Waals surface area contributed by atoms with Crippen LogP contribution in [0.2, 0.25) is 0 Å². The zero-order valence-corrected chi connectivity index (χ0v) is 14.0. The molecule has 9 nitrogen and oxygen atoms in total.